The molecule has 1 unspecified atom stereocenters. The minimum atomic E-state index is -0.354. The Morgan fingerprint density at radius 1 is 1.29 bits per heavy atom. The fourth-order valence-corrected chi connectivity index (χ4v) is 2.85. The van der Waals surface area contributed by atoms with Crippen molar-refractivity contribution in [3.63, 3.8) is 0 Å². The van der Waals surface area contributed by atoms with Gasteiger partial charge in [0.05, 0.1) is 11.8 Å². The first-order chi connectivity index (χ1) is 10.1. The van der Waals surface area contributed by atoms with Gasteiger partial charge >= 0.3 is 5.97 Å². The van der Waals surface area contributed by atoms with E-state index in [1.165, 1.54) is 25.7 Å². The van der Waals surface area contributed by atoms with Crippen LogP contribution in [0.4, 0.5) is 0 Å². The smallest absolute Gasteiger partial charge is 0.309 e. The highest BCUT2D eigenvalue weighted by Crippen LogP contribution is 2.31. The summed E-state index contributed by atoms with van der Waals surface area (Å²) in [6, 6.07) is 0. The van der Waals surface area contributed by atoms with Gasteiger partial charge in [0.2, 0.25) is 5.91 Å². The number of carbonyl (C=O) groups is 2. The van der Waals surface area contributed by atoms with Gasteiger partial charge in [0.25, 0.3) is 0 Å². The fraction of sp³-hybridized carbons (Fsp3) is 0.765. The van der Waals surface area contributed by atoms with Crippen LogP contribution in [0.25, 0.3) is 0 Å². The van der Waals surface area contributed by atoms with Crippen molar-refractivity contribution in [3.05, 3.63) is 12.7 Å². The van der Waals surface area contributed by atoms with Crippen molar-refractivity contribution in [2.45, 2.75) is 64.9 Å². The summed E-state index contributed by atoms with van der Waals surface area (Å²) in [5.74, 6) is -1.04. The molecule has 0 aromatic heterocycles. The van der Waals surface area contributed by atoms with Crippen molar-refractivity contribution in [2.75, 3.05) is 6.54 Å². The molecule has 1 aliphatic rings. The van der Waals surface area contributed by atoms with E-state index in [1.54, 1.807) is 13.0 Å². The van der Waals surface area contributed by atoms with E-state index >= 15 is 0 Å². The monoisotopic (exact) mass is 295 g/mol. The number of esters is 1. The third-order valence-corrected chi connectivity index (χ3v) is 4.14. The minimum Gasteiger partial charge on any atom is -0.461 e. The van der Waals surface area contributed by atoms with Gasteiger partial charge in [-0.2, -0.15) is 0 Å². The first kappa shape index (κ1) is 17.7. The largest absolute Gasteiger partial charge is 0.461 e. The molecule has 4 nitrogen and oxygen atoms in total. The Morgan fingerprint density at radius 3 is 2.62 bits per heavy atom. The molecule has 120 valence electrons. The predicted octanol–water partition coefficient (Wildman–Crippen LogP) is 3.22. The first-order valence-electron chi connectivity index (χ1n) is 8.20. The van der Waals surface area contributed by atoms with Crippen LogP contribution in [-0.2, 0) is 14.3 Å². The second kappa shape index (κ2) is 9.59. The van der Waals surface area contributed by atoms with Crippen LogP contribution in [0.2, 0.25) is 0 Å². The van der Waals surface area contributed by atoms with Crippen LogP contribution < -0.4 is 5.32 Å². The molecule has 1 fully saturated rings. The molecule has 1 saturated heterocycles. The summed E-state index contributed by atoms with van der Waals surface area (Å²) in [4.78, 5) is 23.9. The van der Waals surface area contributed by atoms with Gasteiger partial charge in [-0.25, -0.2) is 0 Å². The topological polar surface area (TPSA) is 55.4 Å². The molecular formula is C17H29NO3. The van der Waals surface area contributed by atoms with E-state index in [2.05, 4.69) is 18.8 Å². The number of hydrogen-bond acceptors (Lipinski definition) is 3. The zero-order chi connectivity index (χ0) is 15.7. The second-order valence-electron chi connectivity index (χ2n) is 5.88. The number of unbranched alkanes of at least 4 members (excludes halogenated alkanes) is 5. The number of nitrogens with one attached hydrogen (secondary N) is 1. The Kier molecular flexibility index (Phi) is 8.09. The Hall–Kier alpha value is -1.32. The van der Waals surface area contributed by atoms with Crippen molar-refractivity contribution < 1.29 is 14.3 Å². The first-order valence-corrected chi connectivity index (χ1v) is 8.20. The Balaban J connectivity index is 2.40. The van der Waals surface area contributed by atoms with Crippen LogP contribution >= 0.6 is 0 Å². The molecule has 0 radical (unpaired) electrons. The lowest BCUT2D eigenvalue weighted by atomic mass is 9.88. The van der Waals surface area contributed by atoms with E-state index in [9.17, 15) is 9.59 Å². The van der Waals surface area contributed by atoms with E-state index in [0.29, 0.717) is 6.54 Å². The Morgan fingerprint density at radius 2 is 1.95 bits per heavy atom. The fourth-order valence-electron chi connectivity index (χ4n) is 2.85. The molecule has 0 spiro atoms. The van der Waals surface area contributed by atoms with Gasteiger partial charge in [0.15, 0.2) is 0 Å². The Bertz CT molecular complexity index is 354. The van der Waals surface area contributed by atoms with Gasteiger partial charge < -0.3 is 10.1 Å². The summed E-state index contributed by atoms with van der Waals surface area (Å²) < 4.78 is 5.39. The second-order valence-corrected chi connectivity index (χ2v) is 5.88. The molecule has 0 aliphatic carbocycles. The molecule has 1 amide bonds. The summed E-state index contributed by atoms with van der Waals surface area (Å²) in [5.41, 5.74) is 0. The highest BCUT2D eigenvalue weighted by atomic mass is 16.6. The van der Waals surface area contributed by atoms with Gasteiger partial charge in [0.1, 0.15) is 6.10 Å². The molecule has 1 heterocycles. The molecule has 0 aromatic rings. The molecule has 0 bridgehead atoms. The SMILES string of the molecule is C=CCNC(=O)C1[C@@H](CCCCCCCC)OC(=O)[C@@H]1C. The van der Waals surface area contributed by atoms with Crippen molar-refractivity contribution >= 4 is 11.9 Å². The molecule has 1 aliphatic heterocycles. The molecule has 3 atom stereocenters. The number of carbonyl (C=O) groups excluding carboxylic acids is 2. The standard InChI is InChI=1S/C17H29NO3/c1-4-6-7-8-9-10-11-14-15(13(3)17(20)21-14)16(19)18-12-5-2/h5,13-15H,2,4,6-12H2,1,3H3,(H,18,19)/t13-,14-,15?/m1/s1. The number of cyclic esters (lactones) is 1. The van der Waals surface area contributed by atoms with E-state index in [4.69, 9.17) is 4.74 Å². The number of rotatable bonds is 10. The molecule has 1 N–H and O–H groups in total. The van der Waals surface area contributed by atoms with Gasteiger partial charge in [-0.15, -0.1) is 6.58 Å². The van der Waals surface area contributed by atoms with Crippen LogP contribution in [-0.4, -0.2) is 24.5 Å². The summed E-state index contributed by atoms with van der Waals surface area (Å²) in [5, 5.41) is 2.78. The highest BCUT2D eigenvalue weighted by Gasteiger charge is 2.45. The van der Waals surface area contributed by atoms with Gasteiger partial charge in [-0.05, 0) is 12.8 Å². The Labute approximate surface area is 128 Å². The molecular weight excluding hydrogens is 266 g/mol. The van der Waals surface area contributed by atoms with Crippen LogP contribution in [0.15, 0.2) is 12.7 Å². The lowest BCUT2D eigenvalue weighted by Gasteiger charge is -2.18. The lowest BCUT2D eigenvalue weighted by Crippen LogP contribution is -2.38. The van der Waals surface area contributed by atoms with Crippen molar-refractivity contribution in [2.24, 2.45) is 11.8 Å². The number of hydrogen-bond donors (Lipinski definition) is 1. The van der Waals surface area contributed by atoms with Crippen molar-refractivity contribution in [3.8, 4) is 0 Å². The van der Waals surface area contributed by atoms with E-state index < -0.39 is 0 Å². The summed E-state index contributed by atoms with van der Waals surface area (Å²) in [7, 11) is 0. The zero-order valence-electron chi connectivity index (χ0n) is 13.4. The quantitative estimate of drug-likeness (QED) is 0.382. The minimum absolute atomic E-state index is 0.0933. The molecule has 21 heavy (non-hydrogen) atoms. The maximum absolute atomic E-state index is 12.2. The maximum Gasteiger partial charge on any atom is 0.309 e. The van der Waals surface area contributed by atoms with Gasteiger partial charge in [-0.3, -0.25) is 9.59 Å². The highest BCUT2D eigenvalue weighted by molar-refractivity contribution is 5.88. The average molecular weight is 295 g/mol. The van der Waals surface area contributed by atoms with E-state index in [1.807, 2.05) is 0 Å². The van der Waals surface area contributed by atoms with Crippen molar-refractivity contribution in [1.29, 1.82) is 0 Å². The normalized spacial score (nSPS) is 24.7. The maximum atomic E-state index is 12.2. The zero-order valence-corrected chi connectivity index (χ0v) is 13.4. The predicted molar refractivity (Wildman–Crippen MR) is 83.7 cm³/mol. The molecule has 1 rings (SSSR count). The summed E-state index contributed by atoms with van der Waals surface area (Å²) in [6.07, 6.45) is 9.33. The molecule has 4 heteroatoms. The molecule has 0 aromatic carbocycles. The van der Waals surface area contributed by atoms with Crippen LogP contribution in [0.3, 0.4) is 0 Å². The lowest BCUT2D eigenvalue weighted by molar-refractivity contribution is -0.144. The van der Waals surface area contributed by atoms with Gasteiger partial charge in [0, 0.05) is 6.54 Å². The molecule has 0 saturated carbocycles. The van der Waals surface area contributed by atoms with Crippen LogP contribution in [0.1, 0.15) is 58.8 Å². The summed E-state index contributed by atoms with van der Waals surface area (Å²) >= 11 is 0. The van der Waals surface area contributed by atoms with Gasteiger partial charge in [-0.1, -0.05) is 52.0 Å². The van der Waals surface area contributed by atoms with E-state index in [-0.39, 0.29) is 29.8 Å². The average Bonchev–Trinajstić information content (AvgIpc) is 2.75. The van der Waals surface area contributed by atoms with Crippen molar-refractivity contribution in [1.82, 2.24) is 5.32 Å². The van der Waals surface area contributed by atoms with E-state index in [0.717, 1.165) is 19.3 Å². The third kappa shape index (κ3) is 5.52. The van der Waals surface area contributed by atoms with Crippen LogP contribution in [0, 0.1) is 11.8 Å². The number of ether oxygens (including phenoxy) is 1. The number of amides is 1. The summed E-state index contributed by atoms with van der Waals surface area (Å²) in [6.45, 7) is 7.99. The van der Waals surface area contributed by atoms with Crippen LogP contribution in [0.5, 0.6) is 0 Å². The third-order valence-electron chi connectivity index (χ3n) is 4.14.